The highest BCUT2D eigenvalue weighted by atomic mass is 16.5. The molecule has 0 bridgehead atoms. The van der Waals surface area contributed by atoms with Gasteiger partial charge in [-0.25, -0.2) is 0 Å². The minimum Gasteiger partial charge on any atom is -0.468 e. The average Bonchev–Trinajstić information content (AvgIpc) is 2.47. The Kier molecular flexibility index (Phi) is 9.48. The van der Waals surface area contributed by atoms with E-state index in [1.807, 2.05) is 6.08 Å². The fourth-order valence-corrected chi connectivity index (χ4v) is 1.80. The third-order valence-electron chi connectivity index (χ3n) is 3.22. The van der Waals surface area contributed by atoms with Crippen molar-refractivity contribution in [1.82, 2.24) is 0 Å². The van der Waals surface area contributed by atoms with Crippen LogP contribution in [0.2, 0.25) is 0 Å². The van der Waals surface area contributed by atoms with Gasteiger partial charge in [-0.2, -0.15) is 0 Å². The molecule has 0 atom stereocenters. The second-order valence-electron chi connectivity index (χ2n) is 4.94. The van der Waals surface area contributed by atoms with Crippen LogP contribution >= 0.6 is 0 Å². The largest absolute Gasteiger partial charge is 0.468 e. The lowest BCUT2D eigenvalue weighted by Gasteiger charge is -2.21. The van der Waals surface area contributed by atoms with Gasteiger partial charge in [0.25, 0.3) is 0 Å². The number of unbranched alkanes of at least 4 members (excludes halogenated alkanes) is 4. The van der Waals surface area contributed by atoms with Crippen molar-refractivity contribution in [2.75, 3.05) is 14.2 Å². The van der Waals surface area contributed by atoms with E-state index in [-0.39, 0.29) is 6.42 Å². The first kappa shape index (κ1) is 18.5. The maximum atomic E-state index is 11.7. The number of esters is 2. The predicted molar refractivity (Wildman–Crippen MR) is 78.2 cm³/mol. The van der Waals surface area contributed by atoms with E-state index in [1.165, 1.54) is 40.4 Å². The molecule has 114 valence electrons. The molecule has 4 heteroatoms. The van der Waals surface area contributed by atoms with Gasteiger partial charge >= 0.3 is 11.9 Å². The molecular formula is C16H26O4. The van der Waals surface area contributed by atoms with E-state index in [2.05, 4.69) is 22.1 Å². The first-order valence-electron chi connectivity index (χ1n) is 7.09. The van der Waals surface area contributed by atoms with Crippen LogP contribution < -0.4 is 0 Å². The molecule has 0 radical (unpaired) electrons. The van der Waals surface area contributed by atoms with Gasteiger partial charge in [0.1, 0.15) is 0 Å². The molecule has 0 aliphatic heterocycles. The van der Waals surface area contributed by atoms with Crippen molar-refractivity contribution < 1.29 is 19.1 Å². The molecule has 0 aromatic rings. The first-order valence-corrected chi connectivity index (χ1v) is 7.09. The van der Waals surface area contributed by atoms with E-state index in [0.29, 0.717) is 0 Å². The van der Waals surface area contributed by atoms with E-state index in [0.717, 1.165) is 12.8 Å². The molecule has 0 aromatic heterocycles. The molecule has 0 heterocycles. The van der Waals surface area contributed by atoms with Crippen LogP contribution in [0.1, 0.15) is 52.4 Å². The molecule has 0 rings (SSSR count). The van der Waals surface area contributed by atoms with E-state index < -0.39 is 17.4 Å². The Hall–Kier alpha value is -1.54. The number of ether oxygens (including phenoxy) is 2. The smallest absolute Gasteiger partial charge is 0.323 e. The number of allylic oxidation sites excluding steroid dienone is 1. The fraction of sp³-hybridized carbons (Fsp3) is 0.688. The van der Waals surface area contributed by atoms with Crippen LogP contribution in [0.15, 0.2) is 17.9 Å². The molecule has 0 amide bonds. The van der Waals surface area contributed by atoms with Gasteiger partial charge in [0.15, 0.2) is 5.41 Å². The van der Waals surface area contributed by atoms with Gasteiger partial charge in [0.2, 0.25) is 0 Å². The SMILES string of the molecule is CCCCCCC=C=CCC(C)(C(=O)OC)C(=O)OC. The third-order valence-corrected chi connectivity index (χ3v) is 3.22. The monoisotopic (exact) mass is 282 g/mol. The standard InChI is InChI=1S/C16H26O4/c1-5-6-7-8-9-10-11-12-13-16(2,14(17)19-3)15(18)20-4/h10,12H,5-9,13H2,1-4H3. The summed E-state index contributed by atoms with van der Waals surface area (Å²) >= 11 is 0. The summed E-state index contributed by atoms with van der Waals surface area (Å²) in [6.45, 7) is 3.69. The van der Waals surface area contributed by atoms with Crippen LogP contribution in [0.25, 0.3) is 0 Å². The minimum absolute atomic E-state index is 0.220. The summed E-state index contributed by atoms with van der Waals surface area (Å²) in [5.41, 5.74) is 1.71. The maximum Gasteiger partial charge on any atom is 0.323 e. The molecule has 0 spiro atoms. The highest BCUT2D eigenvalue weighted by Gasteiger charge is 2.42. The topological polar surface area (TPSA) is 52.6 Å². The summed E-state index contributed by atoms with van der Waals surface area (Å²) in [6, 6.07) is 0. The van der Waals surface area contributed by atoms with Crippen LogP contribution in [-0.4, -0.2) is 26.2 Å². The van der Waals surface area contributed by atoms with E-state index >= 15 is 0 Å². The van der Waals surface area contributed by atoms with Crippen molar-refractivity contribution in [3.8, 4) is 0 Å². The Balaban J connectivity index is 4.43. The predicted octanol–water partition coefficient (Wildman–Crippen LogP) is 3.41. The Morgan fingerprint density at radius 3 is 2.15 bits per heavy atom. The normalized spacial score (nSPS) is 10.4. The lowest BCUT2D eigenvalue weighted by atomic mass is 9.87. The van der Waals surface area contributed by atoms with Crippen molar-refractivity contribution in [3.05, 3.63) is 17.9 Å². The number of methoxy groups -OCH3 is 2. The number of carbonyl (C=O) groups is 2. The summed E-state index contributed by atoms with van der Waals surface area (Å²) in [5.74, 6) is -1.18. The van der Waals surface area contributed by atoms with Gasteiger partial charge in [-0.1, -0.05) is 26.2 Å². The van der Waals surface area contributed by atoms with Crippen molar-refractivity contribution in [3.63, 3.8) is 0 Å². The molecule has 0 aliphatic rings. The average molecular weight is 282 g/mol. The third kappa shape index (κ3) is 6.07. The molecule has 0 unspecified atom stereocenters. The molecule has 0 fully saturated rings. The summed E-state index contributed by atoms with van der Waals surface area (Å²) in [4.78, 5) is 23.4. The fourth-order valence-electron chi connectivity index (χ4n) is 1.80. The number of hydrogen-bond donors (Lipinski definition) is 0. The van der Waals surface area contributed by atoms with Crippen molar-refractivity contribution >= 4 is 11.9 Å². The Labute approximate surface area is 121 Å². The molecule has 0 saturated carbocycles. The van der Waals surface area contributed by atoms with Gasteiger partial charge in [0, 0.05) is 0 Å². The summed E-state index contributed by atoms with van der Waals surface area (Å²) in [7, 11) is 2.52. The lowest BCUT2D eigenvalue weighted by Crippen LogP contribution is -2.38. The molecule has 20 heavy (non-hydrogen) atoms. The molecule has 0 aliphatic carbocycles. The van der Waals surface area contributed by atoms with E-state index in [4.69, 9.17) is 0 Å². The highest BCUT2D eigenvalue weighted by molar-refractivity contribution is 5.99. The minimum atomic E-state index is -1.30. The zero-order valence-electron chi connectivity index (χ0n) is 13.0. The number of carbonyl (C=O) groups excluding carboxylic acids is 2. The molecule has 0 aromatic carbocycles. The molecule has 4 nitrogen and oxygen atoms in total. The highest BCUT2D eigenvalue weighted by Crippen LogP contribution is 2.25. The second kappa shape index (κ2) is 10.3. The van der Waals surface area contributed by atoms with Crippen LogP contribution in [0.5, 0.6) is 0 Å². The van der Waals surface area contributed by atoms with Gasteiger partial charge in [0.05, 0.1) is 14.2 Å². The molecule has 0 saturated heterocycles. The van der Waals surface area contributed by atoms with Crippen LogP contribution in [0, 0.1) is 5.41 Å². The Morgan fingerprint density at radius 1 is 1.05 bits per heavy atom. The van der Waals surface area contributed by atoms with Crippen LogP contribution in [0.3, 0.4) is 0 Å². The Bertz CT molecular complexity index is 349. The van der Waals surface area contributed by atoms with Gasteiger partial charge in [-0.3, -0.25) is 9.59 Å². The lowest BCUT2D eigenvalue weighted by molar-refractivity contribution is -0.167. The van der Waals surface area contributed by atoms with E-state index in [9.17, 15) is 9.59 Å². The Morgan fingerprint density at radius 2 is 1.65 bits per heavy atom. The van der Waals surface area contributed by atoms with Gasteiger partial charge < -0.3 is 9.47 Å². The summed E-state index contributed by atoms with van der Waals surface area (Å²) < 4.78 is 9.33. The van der Waals surface area contributed by atoms with Crippen molar-refractivity contribution in [2.24, 2.45) is 5.41 Å². The van der Waals surface area contributed by atoms with Crippen molar-refractivity contribution in [2.45, 2.75) is 52.4 Å². The number of hydrogen-bond acceptors (Lipinski definition) is 4. The maximum absolute atomic E-state index is 11.7. The summed E-state index contributed by atoms with van der Waals surface area (Å²) in [6.07, 6.45) is 9.63. The van der Waals surface area contributed by atoms with Gasteiger partial charge in [-0.05, 0) is 38.3 Å². The zero-order chi connectivity index (χ0) is 15.4. The molecular weight excluding hydrogens is 256 g/mol. The summed E-state index contributed by atoms with van der Waals surface area (Å²) in [5, 5.41) is 0. The first-order chi connectivity index (χ1) is 9.52. The van der Waals surface area contributed by atoms with Gasteiger partial charge in [-0.15, -0.1) is 5.73 Å². The van der Waals surface area contributed by atoms with E-state index in [1.54, 1.807) is 6.08 Å². The quantitative estimate of drug-likeness (QED) is 0.281. The van der Waals surface area contributed by atoms with Crippen LogP contribution in [-0.2, 0) is 19.1 Å². The van der Waals surface area contributed by atoms with Crippen molar-refractivity contribution in [1.29, 1.82) is 0 Å². The second-order valence-corrected chi connectivity index (χ2v) is 4.94. The van der Waals surface area contributed by atoms with Crippen LogP contribution in [0.4, 0.5) is 0 Å². The number of rotatable bonds is 9. The molecule has 0 N–H and O–H groups in total. The zero-order valence-corrected chi connectivity index (χ0v) is 13.0.